The first-order valence-electron chi connectivity index (χ1n) is 7.39. The van der Waals surface area contributed by atoms with E-state index in [-0.39, 0.29) is 12.5 Å². The second kappa shape index (κ2) is 9.10. The molecule has 0 saturated carbocycles. The molecule has 1 fully saturated rings. The molecule has 6 heteroatoms. The zero-order valence-electron chi connectivity index (χ0n) is 13.1. The average Bonchev–Trinajstić information content (AvgIpc) is 2.94. The summed E-state index contributed by atoms with van der Waals surface area (Å²) in [6, 6.07) is 0.354. The lowest BCUT2D eigenvalue weighted by Crippen LogP contribution is -2.44. The lowest BCUT2D eigenvalue weighted by atomic mass is 10.2. The van der Waals surface area contributed by atoms with E-state index in [1.807, 2.05) is 11.8 Å². The van der Waals surface area contributed by atoms with Crippen LogP contribution >= 0.6 is 11.8 Å². The van der Waals surface area contributed by atoms with Gasteiger partial charge in [0.05, 0.1) is 0 Å². The molecule has 0 aliphatic carbocycles. The number of rotatable bonds is 6. The van der Waals surface area contributed by atoms with Crippen LogP contribution in [0.5, 0.6) is 0 Å². The lowest BCUT2D eigenvalue weighted by Gasteiger charge is -2.19. The minimum atomic E-state index is 0.0190. The Morgan fingerprint density at radius 3 is 2.80 bits per heavy atom. The second-order valence-corrected chi connectivity index (χ2v) is 6.83. The molecule has 2 unspecified atom stereocenters. The number of hydrogen-bond donors (Lipinski definition) is 2. The van der Waals surface area contributed by atoms with Crippen LogP contribution in [-0.4, -0.2) is 61.0 Å². The molecule has 1 aliphatic rings. The van der Waals surface area contributed by atoms with Gasteiger partial charge in [0.15, 0.2) is 5.96 Å². The summed E-state index contributed by atoms with van der Waals surface area (Å²) in [5, 5.41) is 7.38. The first kappa shape index (κ1) is 17.1. The maximum Gasteiger partial charge on any atom is 0.243 e. The van der Waals surface area contributed by atoms with Gasteiger partial charge in [0.1, 0.15) is 6.54 Å². The first-order valence-corrected chi connectivity index (χ1v) is 8.44. The molecule has 0 radical (unpaired) electrons. The molecule has 116 valence electrons. The molecule has 2 atom stereocenters. The number of carbonyl (C=O) groups is 1. The highest BCUT2D eigenvalue weighted by Crippen LogP contribution is 2.25. The van der Waals surface area contributed by atoms with Crippen LogP contribution in [0.15, 0.2) is 4.99 Å². The minimum absolute atomic E-state index is 0.0190. The van der Waals surface area contributed by atoms with Crippen LogP contribution in [0.4, 0.5) is 0 Å². The van der Waals surface area contributed by atoms with Gasteiger partial charge >= 0.3 is 0 Å². The summed E-state index contributed by atoms with van der Waals surface area (Å²) in [7, 11) is 3.50. The summed E-state index contributed by atoms with van der Waals surface area (Å²) in [4.78, 5) is 17.6. The number of amides is 1. The normalized spacial score (nSPS) is 20.6. The third-order valence-corrected chi connectivity index (χ3v) is 4.79. The molecule has 1 heterocycles. The van der Waals surface area contributed by atoms with E-state index < -0.39 is 0 Å². The number of carbonyl (C=O) groups excluding carboxylic acids is 1. The Bertz CT molecular complexity index is 327. The van der Waals surface area contributed by atoms with Gasteiger partial charge in [0.2, 0.25) is 5.91 Å². The Kier molecular flexibility index (Phi) is 7.80. The van der Waals surface area contributed by atoms with E-state index >= 15 is 0 Å². The van der Waals surface area contributed by atoms with Gasteiger partial charge in [0, 0.05) is 31.9 Å². The monoisotopic (exact) mass is 300 g/mol. The maximum atomic E-state index is 11.6. The van der Waals surface area contributed by atoms with Gasteiger partial charge in [-0.2, -0.15) is 11.8 Å². The molecule has 20 heavy (non-hydrogen) atoms. The van der Waals surface area contributed by atoms with E-state index in [1.165, 1.54) is 18.6 Å². The van der Waals surface area contributed by atoms with Crippen molar-refractivity contribution in [2.75, 3.05) is 32.9 Å². The number of nitrogens with one attached hydrogen (secondary N) is 2. The number of likely N-dealkylation sites (N-methyl/N-ethyl adjacent to an activating group) is 1. The van der Waals surface area contributed by atoms with E-state index in [9.17, 15) is 4.79 Å². The second-order valence-electron chi connectivity index (χ2n) is 5.42. The predicted octanol–water partition coefficient (Wildman–Crippen LogP) is 1.30. The van der Waals surface area contributed by atoms with E-state index in [2.05, 4.69) is 29.5 Å². The van der Waals surface area contributed by atoms with Gasteiger partial charge in [-0.1, -0.05) is 6.92 Å². The molecule has 0 spiro atoms. The zero-order chi connectivity index (χ0) is 15.0. The minimum Gasteiger partial charge on any atom is -0.355 e. The highest BCUT2D eigenvalue weighted by molar-refractivity contribution is 8.00. The van der Waals surface area contributed by atoms with Crippen molar-refractivity contribution in [1.82, 2.24) is 15.5 Å². The fraction of sp³-hybridized carbons (Fsp3) is 0.857. The Hall–Kier alpha value is -0.910. The van der Waals surface area contributed by atoms with E-state index in [4.69, 9.17) is 0 Å². The molecule has 0 aromatic carbocycles. The third kappa shape index (κ3) is 6.50. The van der Waals surface area contributed by atoms with Gasteiger partial charge < -0.3 is 15.5 Å². The Morgan fingerprint density at radius 2 is 2.25 bits per heavy atom. The fourth-order valence-corrected chi connectivity index (χ4v) is 2.99. The van der Waals surface area contributed by atoms with Gasteiger partial charge in [-0.15, -0.1) is 0 Å². The van der Waals surface area contributed by atoms with Crippen molar-refractivity contribution in [3.63, 3.8) is 0 Å². The molecule has 0 aromatic rings. The van der Waals surface area contributed by atoms with Crippen molar-refractivity contribution in [3.05, 3.63) is 0 Å². The van der Waals surface area contributed by atoms with Crippen LogP contribution in [0.3, 0.4) is 0 Å². The van der Waals surface area contributed by atoms with Crippen LogP contribution in [0.1, 0.15) is 33.1 Å². The van der Waals surface area contributed by atoms with Gasteiger partial charge in [-0.25, -0.2) is 4.99 Å². The summed E-state index contributed by atoms with van der Waals surface area (Å²) in [6.07, 6.45) is 3.60. The smallest absolute Gasteiger partial charge is 0.243 e. The quantitative estimate of drug-likeness (QED) is 0.573. The Labute approximate surface area is 127 Å². The largest absolute Gasteiger partial charge is 0.355 e. The van der Waals surface area contributed by atoms with Crippen LogP contribution in [-0.2, 0) is 4.79 Å². The van der Waals surface area contributed by atoms with E-state index in [1.54, 1.807) is 19.0 Å². The summed E-state index contributed by atoms with van der Waals surface area (Å²) in [6.45, 7) is 5.36. The molecule has 2 N–H and O–H groups in total. The maximum absolute atomic E-state index is 11.6. The number of hydrogen-bond acceptors (Lipinski definition) is 3. The highest BCUT2D eigenvalue weighted by atomic mass is 32.2. The van der Waals surface area contributed by atoms with Crippen molar-refractivity contribution >= 4 is 23.6 Å². The third-order valence-electron chi connectivity index (χ3n) is 3.39. The number of guanidine groups is 1. The lowest BCUT2D eigenvalue weighted by molar-refractivity contribution is -0.127. The summed E-state index contributed by atoms with van der Waals surface area (Å²) < 4.78 is 0. The SMILES string of the molecule is CCC(C)NC(=NCC(=O)N(C)C)NCC1CCCS1. The molecule has 5 nitrogen and oxygen atoms in total. The standard InChI is InChI=1S/C14H28N4OS/c1-5-11(2)17-14(16-10-13(19)18(3)4)15-9-12-7-6-8-20-12/h11-12H,5-10H2,1-4H3,(H2,15,16,17). The molecule has 0 aromatic heterocycles. The predicted molar refractivity (Wildman–Crippen MR) is 87.4 cm³/mol. The van der Waals surface area contributed by atoms with Crippen molar-refractivity contribution in [3.8, 4) is 0 Å². The summed E-state index contributed by atoms with van der Waals surface area (Å²) >= 11 is 2.02. The van der Waals surface area contributed by atoms with Crippen LogP contribution in [0.25, 0.3) is 0 Å². The van der Waals surface area contributed by atoms with Crippen LogP contribution < -0.4 is 10.6 Å². The Morgan fingerprint density at radius 1 is 1.50 bits per heavy atom. The van der Waals surface area contributed by atoms with Gasteiger partial charge in [-0.05, 0) is 31.9 Å². The summed E-state index contributed by atoms with van der Waals surface area (Å²) in [5.74, 6) is 2.03. The molecule has 1 saturated heterocycles. The van der Waals surface area contributed by atoms with Crippen molar-refractivity contribution < 1.29 is 4.79 Å². The molecule has 0 bridgehead atoms. The van der Waals surface area contributed by atoms with Gasteiger partial charge in [0.25, 0.3) is 0 Å². The number of nitrogens with zero attached hydrogens (tertiary/aromatic N) is 2. The average molecular weight is 300 g/mol. The molecule has 1 aliphatic heterocycles. The topological polar surface area (TPSA) is 56.7 Å². The summed E-state index contributed by atoms with van der Waals surface area (Å²) in [5.41, 5.74) is 0. The number of thioether (sulfide) groups is 1. The van der Waals surface area contributed by atoms with E-state index in [0.717, 1.165) is 18.9 Å². The van der Waals surface area contributed by atoms with Crippen molar-refractivity contribution in [2.24, 2.45) is 4.99 Å². The molecule has 1 amide bonds. The Balaban J connectivity index is 2.49. The molecule has 1 rings (SSSR count). The molecular formula is C14H28N4OS. The van der Waals surface area contributed by atoms with Crippen LogP contribution in [0, 0.1) is 0 Å². The highest BCUT2D eigenvalue weighted by Gasteiger charge is 2.16. The first-order chi connectivity index (χ1) is 9.52. The fourth-order valence-electron chi connectivity index (χ4n) is 1.79. The van der Waals surface area contributed by atoms with E-state index in [0.29, 0.717) is 11.3 Å². The van der Waals surface area contributed by atoms with Crippen LogP contribution in [0.2, 0.25) is 0 Å². The van der Waals surface area contributed by atoms with Gasteiger partial charge in [-0.3, -0.25) is 4.79 Å². The number of aliphatic imine (C=N–C) groups is 1. The van der Waals surface area contributed by atoms with Crippen molar-refractivity contribution in [2.45, 2.75) is 44.4 Å². The molecular weight excluding hydrogens is 272 g/mol. The zero-order valence-corrected chi connectivity index (χ0v) is 13.9. The van der Waals surface area contributed by atoms with Crippen molar-refractivity contribution in [1.29, 1.82) is 0 Å².